The summed E-state index contributed by atoms with van der Waals surface area (Å²) < 4.78 is 5.34. The quantitative estimate of drug-likeness (QED) is 0.577. The van der Waals surface area contributed by atoms with Gasteiger partial charge < -0.3 is 20.5 Å². The third-order valence-corrected chi connectivity index (χ3v) is 4.33. The molecular formula is C21H26ClN3O2. The maximum absolute atomic E-state index is 10.0. The largest absolute Gasteiger partial charge is 0.497 e. The van der Waals surface area contributed by atoms with Crippen LogP contribution in [-0.4, -0.2) is 43.4 Å². The summed E-state index contributed by atoms with van der Waals surface area (Å²) in [7, 11) is 3.48. The predicted molar refractivity (Wildman–Crippen MR) is 114 cm³/mol. The van der Waals surface area contributed by atoms with Crippen LogP contribution in [0, 0.1) is 6.92 Å². The Morgan fingerprint density at radius 2 is 1.81 bits per heavy atom. The second-order valence-corrected chi connectivity index (χ2v) is 6.40. The second kappa shape index (κ2) is 9.55. The van der Waals surface area contributed by atoms with E-state index in [9.17, 15) is 5.11 Å². The Morgan fingerprint density at radius 3 is 2.48 bits per heavy atom. The van der Waals surface area contributed by atoms with Gasteiger partial charge in [0.1, 0.15) is 5.75 Å². The number of nitrogens with one attached hydrogen (secondary N) is 2. The first kappa shape index (κ1) is 21.0. The van der Waals surface area contributed by atoms with E-state index in [-0.39, 0.29) is 12.4 Å². The van der Waals surface area contributed by atoms with E-state index < -0.39 is 6.10 Å². The summed E-state index contributed by atoms with van der Waals surface area (Å²) in [5.74, 6) is 0.771. The van der Waals surface area contributed by atoms with Crippen LogP contribution in [0.25, 0.3) is 22.2 Å². The van der Waals surface area contributed by atoms with Gasteiger partial charge >= 0.3 is 0 Å². The monoisotopic (exact) mass is 387 g/mol. The summed E-state index contributed by atoms with van der Waals surface area (Å²) in [5, 5.41) is 17.4. The average Bonchev–Trinajstić information content (AvgIpc) is 2.66. The van der Waals surface area contributed by atoms with Gasteiger partial charge in [0.2, 0.25) is 0 Å². The fraction of sp³-hybridized carbons (Fsp3) is 0.286. The summed E-state index contributed by atoms with van der Waals surface area (Å²) in [5.41, 5.74) is 4.96. The molecule has 0 saturated carbocycles. The molecule has 1 heterocycles. The molecular weight excluding hydrogens is 362 g/mol. The molecule has 3 rings (SSSR count). The topological polar surface area (TPSA) is 66.4 Å². The standard InChI is InChI=1S/C21H25N3O2.ClH/c1-14-4-6-15(7-5-14)19-11-20(23-13-16(25)12-22-2)18-9-8-17(26-3)10-21(18)24-19;/h4-11,16,22,25H,12-13H2,1-3H3,(H,23,24);1H. The number of pyridine rings is 1. The molecule has 0 spiro atoms. The lowest BCUT2D eigenvalue weighted by molar-refractivity contribution is 0.187. The number of aromatic nitrogens is 1. The number of nitrogens with zero attached hydrogens (tertiary/aromatic N) is 1. The second-order valence-electron chi connectivity index (χ2n) is 6.40. The van der Waals surface area contributed by atoms with E-state index in [2.05, 4.69) is 41.8 Å². The SMILES string of the molecule is CNCC(O)CNc1cc(-c2ccc(C)cc2)nc2cc(OC)ccc12.Cl. The molecule has 0 bridgehead atoms. The number of rotatable bonds is 7. The number of hydrogen-bond donors (Lipinski definition) is 3. The fourth-order valence-electron chi connectivity index (χ4n) is 2.89. The lowest BCUT2D eigenvalue weighted by Gasteiger charge is -2.16. The predicted octanol–water partition coefficient (Wildman–Crippen LogP) is 3.63. The molecule has 0 aliphatic rings. The molecule has 3 aromatic rings. The Morgan fingerprint density at radius 1 is 1.07 bits per heavy atom. The van der Waals surface area contributed by atoms with Crippen molar-refractivity contribution < 1.29 is 9.84 Å². The lowest BCUT2D eigenvalue weighted by atomic mass is 10.1. The van der Waals surface area contributed by atoms with Crippen LogP contribution in [0.2, 0.25) is 0 Å². The van der Waals surface area contributed by atoms with E-state index in [1.54, 1.807) is 7.11 Å². The van der Waals surface area contributed by atoms with Gasteiger partial charge in [0.05, 0.1) is 24.4 Å². The highest BCUT2D eigenvalue weighted by Gasteiger charge is 2.10. The Balaban J connectivity index is 0.00000261. The normalized spacial score (nSPS) is 11.7. The molecule has 5 nitrogen and oxygen atoms in total. The maximum Gasteiger partial charge on any atom is 0.121 e. The molecule has 6 heteroatoms. The number of methoxy groups -OCH3 is 1. The zero-order valence-electron chi connectivity index (χ0n) is 15.8. The molecule has 27 heavy (non-hydrogen) atoms. The summed E-state index contributed by atoms with van der Waals surface area (Å²) >= 11 is 0. The highest BCUT2D eigenvalue weighted by atomic mass is 35.5. The Bertz CT molecular complexity index is 884. The van der Waals surface area contributed by atoms with Gasteiger partial charge in [-0.1, -0.05) is 29.8 Å². The number of anilines is 1. The molecule has 1 aromatic heterocycles. The molecule has 0 fully saturated rings. The third kappa shape index (κ3) is 5.10. The van der Waals surface area contributed by atoms with Crippen molar-refractivity contribution in [3.63, 3.8) is 0 Å². The average molecular weight is 388 g/mol. The van der Waals surface area contributed by atoms with Crippen molar-refractivity contribution in [3.05, 3.63) is 54.1 Å². The molecule has 1 unspecified atom stereocenters. The first-order valence-corrected chi connectivity index (χ1v) is 8.73. The smallest absolute Gasteiger partial charge is 0.121 e. The number of benzene rings is 2. The van der Waals surface area contributed by atoms with Crippen LogP contribution >= 0.6 is 12.4 Å². The van der Waals surface area contributed by atoms with E-state index >= 15 is 0 Å². The van der Waals surface area contributed by atoms with Gasteiger partial charge in [-0.2, -0.15) is 0 Å². The van der Waals surface area contributed by atoms with Crippen LogP contribution in [0.1, 0.15) is 5.56 Å². The molecule has 0 radical (unpaired) electrons. The maximum atomic E-state index is 10.0. The number of halogens is 1. The van der Waals surface area contributed by atoms with Gasteiger partial charge in [-0.25, -0.2) is 4.98 Å². The van der Waals surface area contributed by atoms with Crippen molar-refractivity contribution in [2.75, 3.05) is 32.6 Å². The van der Waals surface area contributed by atoms with Gasteiger partial charge in [0.15, 0.2) is 0 Å². The lowest BCUT2D eigenvalue weighted by Crippen LogP contribution is -2.30. The zero-order valence-corrected chi connectivity index (χ0v) is 16.6. The van der Waals surface area contributed by atoms with Crippen molar-refractivity contribution in [1.82, 2.24) is 10.3 Å². The summed E-state index contributed by atoms with van der Waals surface area (Å²) in [4.78, 5) is 4.81. The van der Waals surface area contributed by atoms with E-state index in [4.69, 9.17) is 9.72 Å². The Labute approximate surface area is 166 Å². The minimum atomic E-state index is -0.468. The number of likely N-dealkylation sites (N-methyl/N-ethyl adjacent to an activating group) is 1. The number of ether oxygens (including phenoxy) is 1. The summed E-state index contributed by atoms with van der Waals surface area (Å²) in [6, 6.07) is 16.2. The van der Waals surface area contributed by atoms with Gasteiger partial charge in [-0.15, -0.1) is 12.4 Å². The first-order valence-electron chi connectivity index (χ1n) is 8.73. The van der Waals surface area contributed by atoms with E-state index in [1.165, 1.54) is 5.56 Å². The number of hydrogen-bond acceptors (Lipinski definition) is 5. The van der Waals surface area contributed by atoms with Gasteiger partial charge in [-0.05, 0) is 32.2 Å². The Hall–Kier alpha value is -2.34. The van der Waals surface area contributed by atoms with Crippen LogP contribution in [-0.2, 0) is 0 Å². The van der Waals surface area contributed by atoms with E-state index in [1.807, 2.05) is 31.3 Å². The van der Waals surface area contributed by atoms with Crippen molar-refractivity contribution in [1.29, 1.82) is 0 Å². The highest BCUT2D eigenvalue weighted by Crippen LogP contribution is 2.30. The summed E-state index contributed by atoms with van der Waals surface area (Å²) in [6.07, 6.45) is -0.468. The van der Waals surface area contributed by atoms with Gasteiger partial charge in [-0.3, -0.25) is 0 Å². The minimum Gasteiger partial charge on any atom is -0.497 e. The van der Waals surface area contributed by atoms with Gasteiger partial charge in [0.25, 0.3) is 0 Å². The number of aliphatic hydroxyl groups is 1. The molecule has 1 atom stereocenters. The highest BCUT2D eigenvalue weighted by molar-refractivity contribution is 5.94. The molecule has 0 saturated heterocycles. The molecule has 3 N–H and O–H groups in total. The Kier molecular flexibility index (Phi) is 7.42. The van der Waals surface area contributed by atoms with Crippen LogP contribution < -0.4 is 15.4 Å². The van der Waals surface area contributed by atoms with Crippen LogP contribution in [0.3, 0.4) is 0 Å². The first-order chi connectivity index (χ1) is 12.6. The van der Waals surface area contributed by atoms with Crippen molar-refractivity contribution >= 4 is 29.0 Å². The van der Waals surface area contributed by atoms with Crippen molar-refractivity contribution in [3.8, 4) is 17.0 Å². The number of aliphatic hydroxyl groups excluding tert-OH is 1. The number of fused-ring (bicyclic) bond motifs is 1. The van der Waals surface area contributed by atoms with E-state index in [0.717, 1.165) is 33.6 Å². The third-order valence-electron chi connectivity index (χ3n) is 4.33. The molecule has 0 amide bonds. The summed E-state index contributed by atoms with van der Waals surface area (Å²) in [6.45, 7) is 3.06. The minimum absolute atomic E-state index is 0. The molecule has 2 aromatic carbocycles. The molecule has 144 valence electrons. The fourth-order valence-corrected chi connectivity index (χ4v) is 2.89. The van der Waals surface area contributed by atoms with Crippen LogP contribution in [0.4, 0.5) is 5.69 Å². The van der Waals surface area contributed by atoms with Crippen LogP contribution in [0.5, 0.6) is 5.75 Å². The molecule has 0 aliphatic carbocycles. The van der Waals surface area contributed by atoms with Crippen LogP contribution in [0.15, 0.2) is 48.5 Å². The molecule has 0 aliphatic heterocycles. The zero-order chi connectivity index (χ0) is 18.5. The van der Waals surface area contributed by atoms with Crippen molar-refractivity contribution in [2.45, 2.75) is 13.0 Å². The van der Waals surface area contributed by atoms with Crippen molar-refractivity contribution in [2.24, 2.45) is 0 Å². The van der Waals surface area contributed by atoms with E-state index in [0.29, 0.717) is 13.1 Å². The van der Waals surface area contributed by atoms with Gasteiger partial charge in [0, 0.05) is 35.8 Å². The number of aryl methyl sites for hydroxylation is 1.